The molecule has 0 saturated carbocycles. The number of anilines is 1. The van der Waals surface area contributed by atoms with Crippen LogP contribution in [-0.2, 0) is 9.53 Å². The molecule has 0 N–H and O–H groups in total. The van der Waals surface area contributed by atoms with Crippen molar-refractivity contribution in [2.24, 2.45) is 5.41 Å². The molecule has 2 aliphatic rings. The number of nitrogens with zero attached hydrogens (tertiary/aromatic N) is 4. The van der Waals surface area contributed by atoms with E-state index < -0.39 is 0 Å². The fraction of sp³-hybridized carbons (Fsp3) is 0.588. The van der Waals surface area contributed by atoms with Gasteiger partial charge >= 0.3 is 0 Å². The first-order valence-corrected chi connectivity index (χ1v) is 8.08. The zero-order valence-electron chi connectivity index (χ0n) is 13.5. The SMILES string of the molecule is COCCN1CCCC2(CCN(c3ncccc3C#N)C2)C1=O. The molecule has 0 bridgehead atoms. The summed E-state index contributed by atoms with van der Waals surface area (Å²) >= 11 is 0. The molecule has 0 radical (unpaired) electrons. The minimum atomic E-state index is -0.323. The number of rotatable bonds is 4. The number of hydrogen-bond donors (Lipinski definition) is 0. The number of pyridine rings is 1. The Labute approximate surface area is 136 Å². The molecule has 1 atom stereocenters. The molecule has 122 valence electrons. The Bertz CT molecular complexity index is 627. The number of ether oxygens (including phenoxy) is 1. The first kappa shape index (κ1) is 15.8. The van der Waals surface area contributed by atoms with Gasteiger partial charge in [-0.15, -0.1) is 0 Å². The van der Waals surface area contributed by atoms with E-state index in [2.05, 4.69) is 16.0 Å². The van der Waals surface area contributed by atoms with Gasteiger partial charge in [-0.05, 0) is 31.4 Å². The maximum Gasteiger partial charge on any atom is 0.230 e. The first-order valence-electron chi connectivity index (χ1n) is 8.08. The number of methoxy groups -OCH3 is 1. The number of carbonyl (C=O) groups excluding carboxylic acids is 1. The van der Waals surface area contributed by atoms with E-state index in [-0.39, 0.29) is 11.3 Å². The van der Waals surface area contributed by atoms with Crippen LogP contribution in [0.4, 0.5) is 5.82 Å². The Balaban J connectivity index is 1.78. The molecule has 3 rings (SSSR count). The quantitative estimate of drug-likeness (QED) is 0.840. The number of carbonyl (C=O) groups is 1. The molecule has 0 aromatic carbocycles. The summed E-state index contributed by atoms with van der Waals surface area (Å²) in [5.41, 5.74) is 0.250. The highest BCUT2D eigenvalue weighted by Gasteiger charge is 2.48. The highest BCUT2D eigenvalue weighted by molar-refractivity contribution is 5.85. The van der Waals surface area contributed by atoms with Crippen LogP contribution in [0.3, 0.4) is 0 Å². The van der Waals surface area contributed by atoms with Gasteiger partial charge in [0.15, 0.2) is 0 Å². The lowest BCUT2D eigenvalue weighted by Crippen LogP contribution is -2.51. The van der Waals surface area contributed by atoms with Crippen molar-refractivity contribution in [2.75, 3.05) is 44.8 Å². The fourth-order valence-corrected chi connectivity index (χ4v) is 3.74. The molecule has 23 heavy (non-hydrogen) atoms. The third-order valence-electron chi connectivity index (χ3n) is 4.95. The van der Waals surface area contributed by atoms with E-state index in [1.54, 1.807) is 25.4 Å². The first-order chi connectivity index (χ1) is 11.2. The highest BCUT2D eigenvalue weighted by atomic mass is 16.5. The Morgan fingerprint density at radius 1 is 1.43 bits per heavy atom. The molecule has 6 heteroatoms. The van der Waals surface area contributed by atoms with Gasteiger partial charge in [0, 0.05) is 39.5 Å². The van der Waals surface area contributed by atoms with Crippen molar-refractivity contribution < 1.29 is 9.53 Å². The number of hydrogen-bond acceptors (Lipinski definition) is 5. The van der Waals surface area contributed by atoms with Crippen LogP contribution in [0.15, 0.2) is 18.3 Å². The maximum absolute atomic E-state index is 12.9. The number of likely N-dealkylation sites (tertiary alicyclic amines) is 1. The molecule has 1 aromatic heterocycles. The molecular weight excluding hydrogens is 292 g/mol. The molecule has 2 aliphatic heterocycles. The molecule has 3 heterocycles. The van der Waals surface area contributed by atoms with Crippen molar-refractivity contribution in [3.05, 3.63) is 23.9 Å². The maximum atomic E-state index is 12.9. The third kappa shape index (κ3) is 2.89. The van der Waals surface area contributed by atoms with Gasteiger partial charge in [0.25, 0.3) is 0 Å². The summed E-state index contributed by atoms with van der Waals surface area (Å²) < 4.78 is 5.11. The molecule has 2 saturated heterocycles. The second-order valence-corrected chi connectivity index (χ2v) is 6.33. The molecular formula is C17H22N4O2. The second-order valence-electron chi connectivity index (χ2n) is 6.33. The predicted molar refractivity (Wildman–Crippen MR) is 85.9 cm³/mol. The molecule has 1 unspecified atom stereocenters. The van der Waals surface area contributed by atoms with E-state index in [0.717, 1.165) is 32.4 Å². The van der Waals surface area contributed by atoms with Crippen LogP contribution in [-0.4, -0.2) is 55.7 Å². The van der Waals surface area contributed by atoms with Gasteiger partial charge in [-0.1, -0.05) is 0 Å². The van der Waals surface area contributed by atoms with Crippen molar-refractivity contribution in [2.45, 2.75) is 19.3 Å². The van der Waals surface area contributed by atoms with Crippen molar-refractivity contribution in [3.63, 3.8) is 0 Å². The lowest BCUT2D eigenvalue weighted by Gasteiger charge is -2.39. The van der Waals surface area contributed by atoms with Crippen LogP contribution < -0.4 is 4.90 Å². The molecule has 1 amide bonds. The van der Waals surface area contributed by atoms with Crippen LogP contribution in [0.1, 0.15) is 24.8 Å². The summed E-state index contributed by atoms with van der Waals surface area (Å²) in [7, 11) is 1.66. The van der Waals surface area contributed by atoms with Crippen molar-refractivity contribution in [1.29, 1.82) is 5.26 Å². The predicted octanol–water partition coefficient (Wildman–Crippen LogP) is 1.42. The minimum absolute atomic E-state index is 0.234. The lowest BCUT2D eigenvalue weighted by atomic mass is 9.78. The molecule has 0 aliphatic carbocycles. The van der Waals surface area contributed by atoms with Crippen LogP contribution >= 0.6 is 0 Å². The monoisotopic (exact) mass is 314 g/mol. The van der Waals surface area contributed by atoms with E-state index in [4.69, 9.17) is 4.74 Å². The van der Waals surface area contributed by atoms with Crippen LogP contribution in [0.5, 0.6) is 0 Å². The van der Waals surface area contributed by atoms with Gasteiger partial charge in [0.1, 0.15) is 11.9 Å². The summed E-state index contributed by atoms with van der Waals surface area (Å²) in [6.07, 6.45) is 4.47. The zero-order chi connectivity index (χ0) is 16.3. The van der Waals surface area contributed by atoms with Gasteiger partial charge in [-0.2, -0.15) is 5.26 Å². The summed E-state index contributed by atoms with van der Waals surface area (Å²) in [6.45, 7) is 3.47. The van der Waals surface area contributed by atoms with Gasteiger partial charge in [0.05, 0.1) is 17.6 Å². The number of amides is 1. The van der Waals surface area contributed by atoms with E-state index in [1.807, 2.05) is 4.90 Å². The van der Waals surface area contributed by atoms with E-state index in [9.17, 15) is 10.1 Å². The Kier molecular flexibility index (Phi) is 4.49. The van der Waals surface area contributed by atoms with E-state index >= 15 is 0 Å². The average molecular weight is 314 g/mol. The van der Waals surface area contributed by atoms with Crippen molar-refractivity contribution >= 4 is 11.7 Å². The largest absolute Gasteiger partial charge is 0.383 e. The standard InChI is InChI=1S/C17H22N4O2/c1-23-11-10-20-8-3-5-17(16(20)22)6-9-21(13-17)15-14(12-18)4-2-7-19-15/h2,4,7H,3,5-6,8-11,13H2,1H3. The summed E-state index contributed by atoms with van der Waals surface area (Å²) in [6, 6.07) is 5.74. The van der Waals surface area contributed by atoms with E-state index in [1.165, 1.54) is 0 Å². The second kappa shape index (κ2) is 6.55. The number of nitriles is 1. The van der Waals surface area contributed by atoms with Gasteiger partial charge in [0.2, 0.25) is 5.91 Å². The molecule has 2 fully saturated rings. The number of aromatic nitrogens is 1. The van der Waals surface area contributed by atoms with E-state index in [0.29, 0.717) is 31.1 Å². The van der Waals surface area contributed by atoms with Gasteiger partial charge < -0.3 is 14.5 Å². The van der Waals surface area contributed by atoms with Crippen LogP contribution in [0, 0.1) is 16.7 Å². The Morgan fingerprint density at radius 3 is 3.09 bits per heavy atom. The van der Waals surface area contributed by atoms with Crippen LogP contribution in [0.25, 0.3) is 0 Å². The van der Waals surface area contributed by atoms with Gasteiger partial charge in [-0.25, -0.2) is 4.98 Å². The smallest absolute Gasteiger partial charge is 0.230 e. The highest BCUT2D eigenvalue weighted by Crippen LogP contribution is 2.41. The summed E-state index contributed by atoms with van der Waals surface area (Å²) in [5, 5.41) is 9.27. The molecule has 1 spiro atoms. The lowest BCUT2D eigenvalue weighted by molar-refractivity contribution is -0.145. The molecule has 6 nitrogen and oxygen atoms in total. The summed E-state index contributed by atoms with van der Waals surface area (Å²) in [5.74, 6) is 0.937. The average Bonchev–Trinajstić information content (AvgIpc) is 3.01. The summed E-state index contributed by atoms with van der Waals surface area (Å²) in [4.78, 5) is 21.3. The number of piperidine rings is 1. The van der Waals surface area contributed by atoms with Crippen LogP contribution in [0.2, 0.25) is 0 Å². The molecule has 1 aromatic rings. The zero-order valence-corrected chi connectivity index (χ0v) is 13.5. The Morgan fingerprint density at radius 2 is 2.30 bits per heavy atom. The van der Waals surface area contributed by atoms with Crippen molar-refractivity contribution in [1.82, 2.24) is 9.88 Å². The van der Waals surface area contributed by atoms with Gasteiger partial charge in [-0.3, -0.25) is 4.79 Å². The topological polar surface area (TPSA) is 69.5 Å². The third-order valence-corrected chi connectivity index (χ3v) is 4.95. The Hall–Kier alpha value is -2.13. The minimum Gasteiger partial charge on any atom is -0.383 e. The van der Waals surface area contributed by atoms with Crippen molar-refractivity contribution in [3.8, 4) is 6.07 Å². The fourth-order valence-electron chi connectivity index (χ4n) is 3.74. The normalized spacial score (nSPS) is 24.3.